The van der Waals surface area contributed by atoms with E-state index in [0.29, 0.717) is 41.8 Å². The topological polar surface area (TPSA) is 112 Å². The highest BCUT2D eigenvalue weighted by molar-refractivity contribution is 5.97. The Morgan fingerprint density at radius 2 is 1.76 bits per heavy atom. The van der Waals surface area contributed by atoms with Crippen LogP contribution in [0.5, 0.6) is 17.2 Å². The van der Waals surface area contributed by atoms with Crippen LogP contribution in [0, 0.1) is 0 Å². The van der Waals surface area contributed by atoms with E-state index in [-0.39, 0.29) is 11.5 Å². The summed E-state index contributed by atoms with van der Waals surface area (Å²) in [6.45, 7) is 1.64. The lowest BCUT2D eigenvalue weighted by Crippen LogP contribution is -2.21. The van der Waals surface area contributed by atoms with Gasteiger partial charge in [-0.1, -0.05) is 6.07 Å². The van der Waals surface area contributed by atoms with E-state index in [0.717, 1.165) is 0 Å². The van der Waals surface area contributed by atoms with Crippen molar-refractivity contribution in [2.24, 2.45) is 0 Å². The van der Waals surface area contributed by atoms with Gasteiger partial charge >= 0.3 is 5.97 Å². The Balaban J connectivity index is 1.60. The van der Waals surface area contributed by atoms with Crippen LogP contribution in [0.1, 0.15) is 17.3 Å². The normalized spacial score (nSPS) is 11.9. The average Bonchev–Trinajstić information content (AvgIpc) is 2.71. The van der Waals surface area contributed by atoms with Gasteiger partial charge < -0.3 is 29.6 Å². The number of hydrogen-bond donors (Lipinski definition) is 2. The molecule has 0 fully saturated rings. The van der Waals surface area contributed by atoms with Crippen molar-refractivity contribution < 1.29 is 33.3 Å². The molecule has 0 saturated heterocycles. The van der Waals surface area contributed by atoms with Gasteiger partial charge in [0.1, 0.15) is 13.2 Å². The Kier molecular flexibility index (Phi) is 6.18. The largest absolute Gasteiger partial charge is 0.493 e. The number of carbonyl (C=O) groups excluding carboxylic acids is 3. The van der Waals surface area contributed by atoms with Crippen molar-refractivity contribution in [3.8, 4) is 17.2 Å². The van der Waals surface area contributed by atoms with Crippen LogP contribution < -0.4 is 24.8 Å². The summed E-state index contributed by atoms with van der Waals surface area (Å²) in [6.07, 6.45) is 0. The number of amides is 2. The van der Waals surface area contributed by atoms with Crippen LogP contribution in [-0.2, 0) is 14.3 Å². The number of esters is 1. The van der Waals surface area contributed by atoms with E-state index in [2.05, 4.69) is 10.6 Å². The highest BCUT2D eigenvalue weighted by Gasteiger charge is 2.22. The number of ether oxygens (including phenoxy) is 4. The number of nitrogens with one attached hydrogen (secondary N) is 2. The molecule has 0 spiro atoms. The molecule has 3 rings (SSSR count). The van der Waals surface area contributed by atoms with Crippen LogP contribution in [0.3, 0.4) is 0 Å². The number of fused-ring (bicyclic) bond motifs is 1. The fourth-order valence-corrected chi connectivity index (χ4v) is 2.68. The quantitative estimate of drug-likeness (QED) is 0.715. The summed E-state index contributed by atoms with van der Waals surface area (Å²) in [6, 6.07) is 9.54. The van der Waals surface area contributed by atoms with Gasteiger partial charge in [-0.25, -0.2) is 4.79 Å². The van der Waals surface area contributed by atoms with Crippen molar-refractivity contribution in [1.82, 2.24) is 0 Å². The lowest BCUT2D eigenvalue weighted by molar-refractivity contribution is -0.119. The molecule has 9 heteroatoms. The first kappa shape index (κ1) is 20.0. The Bertz CT molecular complexity index is 925. The summed E-state index contributed by atoms with van der Waals surface area (Å²) >= 11 is 0. The van der Waals surface area contributed by atoms with E-state index >= 15 is 0 Å². The first-order chi connectivity index (χ1) is 14.0. The summed E-state index contributed by atoms with van der Waals surface area (Å²) in [7, 11) is 1.45. The summed E-state index contributed by atoms with van der Waals surface area (Å²) in [4.78, 5) is 35.5. The van der Waals surface area contributed by atoms with Gasteiger partial charge in [-0.05, 0) is 30.3 Å². The number of hydrogen-bond acceptors (Lipinski definition) is 7. The fourth-order valence-electron chi connectivity index (χ4n) is 2.68. The van der Waals surface area contributed by atoms with E-state index in [9.17, 15) is 14.4 Å². The number of benzene rings is 2. The minimum absolute atomic E-state index is 0.173. The second-order valence-electron chi connectivity index (χ2n) is 6.09. The minimum Gasteiger partial charge on any atom is -0.493 e. The number of carbonyl (C=O) groups is 3. The molecule has 1 heterocycles. The number of methoxy groups -OCH3 is 1. The summed E-state index contributed by atoms with van der Waals surface area (Å²) in [5.74, 6) is -0.315. The highest BCUT2D eigenvalue weighted by Crippen LogP contribution is 2.40. The first-order valence-electron chi connectivity index (χ1n) is 8.78. The molecule has 152 valence electrons. The Hall–Kier alpha value is -3.75. The standard InChI is InChI=1S/C20H20N2O7/c1-12(23)21-14-4-3-5-15(10-14)22-18(24)11-29-20(25)13-8-16(26-2)19-17(9-13)27-6-7-28-19/h3-5,8-10H,6-7,11H2,1-2H3,(H,21,23)(H,22,24). The molecule has 0 saturated carbocycles. The molecule has 0 aliphatic carbocycles. The summed E-state index contributed by atoms with van der Waals surface area (Å²) in [5, 5.41) is 5.21. The van der Waals surface area contributed by atoms with Crippen molar-refractivity contribution in [2.45, 2.75) is 6.92 Å². The van der Waals surface area contributed by atoms with E-state index in [4.69, 9.17) is 18.9 Å². The molecule has 2 N–H and O–H groups in total. The number of anilines is 2. The second kappa shape index (κ2) is 8.96. The monoisotopic (exact) mass is 400 g/mol. The molecule has 0 atom stereocenters. The van der Waals surface area contributed by atoms with Crippen LogP contribution in [0.25, 0.3) is 0 Å². The van der Waals surface area contributed by atoms with Gasteiger partial charge in [0.15, 0.2) is 18.1 Å². The van der Waals surface area contributed by atoms with Gasteiger partial charge in [0.25, 0.3) is 5.91 Å². The maximum absolute atomic E-state index is 12.3. The third kappa shape index (κ3) is 5.16. The van der Waals surface area contributed by atoms with E-state index in [1.165, 1.54) is 26.2 Å². The van der Waals surface area contributed by atoms with Gasteiger partial charge in [-0.15, -0.1) is 0 Å². The molecular weight excluding hydrogens is 380 g/mol. The molecule has 2 amide bonds. The Labute approximate surface area is 166 Å². The molecule has 0 bridgehead atoms. The minimum atomic E-state index is -0.706. The van der Waals surface area contributed by atoms with Crippen molar-refractivity contribution in [2.75, 3.05) is 37.6 Å². The maximum Gasteiger partial charge on any atom is 0.338 e. The molecule has 0 unspecified atom stereocenters. The fraction of sp³-hybridized carbons (Fsp3) is 0.250. The third-order valence-electron chi connectivity index (χ3n) is 3.86. The van der Waals surface area contributed by atoms with Crippen LogP contribution in [0.15, 0.2) is 36.4 Å². The Morgan fingerprint density at radius 3 is 2.48 bits per heavy atom. The van der Waals surface area contributed by atoms with Crippen LogP contribution in [-0.4, -0.2) is 44.7 Å². The average molecular weight is 400 g/mol. The van der Waals surface area contributed by atoms with Crippen molar-refractivity contribution in [1.29, 1.82) is 0 Å². The van der Waals surface area contributed by atoms with Gasteiger partial charge in [-0.2, -0.15) is 0 Å². The predicted octanol–water partition coefficient (Wildman–Crippen LogP) is 2.22. The molecule has 1 aliphatic rings. The van der Waals surface area contributed by atoms with Crippen molar-refractivity contribution in [3.05, 3.63) is 42.0 Å². The van der Waals surface area contributed by atoms with Gasteiger partial charge in [-0.3, -0.25) is 9.59 Å². The van der Waals surface area contributed by atoms with Crippen LogP contribution in [0.4, 0.5) is 11.4 Å². The molecule has 29 heavy (non-hydrogen) atoms. The maximum atomic E-state index is 12.3. The van der Waals surface area contributed by atoms with E-state index in [1.54, 1.807) is 24.3 Å². The molecular formula is C20H20N2O7. The SMILES string of the molecule is COc1cc(C(=O)OCC(=O)Nc2cccc(NC(C)=O)c2)cc2c1OCCO2. The van der Waals surface area contributed by atoms with Gasteiger partial charge in [0.2, 0.25) is 11.7 Å². The van der Waals surface area contributed by atoms with Crippen LogP contribution >= 0.6 is 0 Å². The second-order valence-corrected chi connectivity index (χ2v) is 6.09. The lowest BCUT2D eigenvalue weighted by Gasteiger charge is -2.21. The molecule has 2 aromatic rings. The number of rotatable bonds is 6. The molecule has 0 radical (unpaired) electrons. The zero-order valence-electron chi connectivity index (χ0n) is 15.9. The predicted molar refractivity (Wildman–Crippen MR) is 104 cm³/mol. The van der Waals surface area contributed by atoms with E-state index in [1.807, 2.05) is 0 Å². The summed E-state index contributed by atoms with van der Waals surface area (Å²) < 4.78 is 21.3. The lowest BCUT2D eigenvalue weighted by atomic mass is 10.1. The zero-order valence-corrected chi connectivity index (χ0v) is 15.9. The third-order valence-corrected chi connectivity index (χ3v) is 3.86. The molecule has 1 aliphatic heterocycles. The van der Waals surface area contributed by atoms with Crippen molar-refractivity contribution in [3.63, 3.8) is 0 Å². The molecule has 0 aromatic heterocycles. The van der Waals surface area contributed by atoms with Crippen LogP contribution in [0.2, 0.25) is 0 Å². The zero-order chi connectivity index (χ0) is 20.8. The first-order valence-corrected chi connectivity index (χ1v) is 8.78. The molecule has 2 aromatic carbocycles. The van der Waals surface area contributed by atoms with E-state index < -0.39 is 18.5 Å². The summed E-state index contributed by atoms with van der Waals surface area (Å²) in [5.41, 5.74) is 1.17. The van der Waals surface area contributed by atoms with Gasteiger partial charge in [0, 0.05) is 18.3 Å². The van der Waals surface area contributed by atoms with Crippen molar-refractivity contribution >= 4 is 29.2 Å². The van der Waals surface area contributed by atoms with Gasteiger partial charge in [0.05, 0.1) is 12.7 Å². The molecule has 9 nitrogen and oxygen atoms in total. The Morgan fingerprint density at radius 1 is 1.03 bits per heavy atom. The highest BCUT2D eigenvalue weighted by atomic mass is 16.6. The smallest absolute Gasteiger partial charge is 0.338 e.